The van der Waals surface area contributed by atoms with Crippen LogP contribution in [0.15, 0.2) is 22.7 Å². The second kappa shape index (κ2) is 7.47. The number of hydrogen-bond acceptors (Lipinski definition) is 3. The first-order valence-corrected chi connectivity index (χ1v) is 8.24. The molecule has 1 aromatic carbocycles. The van der Waals surface area contributed by atoms with Gasteiger partial charge in [0.2, 0.25) is 0 Å². The molecule has 21 heavy (non-hydrogen) atoms. The van der Waals surface area contributed by atoms with E-state index in [9.17, 15) is 4.79 Å². The van der Waals surface area contributed by atoms with E-state index in [1.807, 2.05) is 4.90 Å². The highest BCUT2D eigenvalue weighted by molar-refractivity contribution is 9.10. The van der Waals surface area contributed by atoms with Crippen molar-refractivity contribution in [2.75, 3.05) is 32.8 Å². The summed E-state index contributed by atoms with van der Waals surface area (Å²) in [5.74, 6) is 0.613. The maximum Gasteiger partial charge on any atom is 0.260 e. The molecule has 0 spiro atoms. The Hall–Kier alpha value is -0.780. The molecule has 6 heteroatoms. The Bertz CT molecular complexity index is 502. The maximum absolute atomic E-state index is 12.2. The van der Waals surface area contributed by atoms with Crippen molar-refractivity contribution in [3.8, 4) is 5.75 Å². The summed E-state index contributed by atoms with van der Waals surface area (Å²) in [6, 6.07) is 5.89. The van der Waals surface area contributed by atoms with Crippen LogP contribution in [0.1, 0.15) is 13.8 Å². The first-order chi connectivity index (χ1) is 9.99. The largest absolute Gasteiger partial charge is 0.483 e. The van der Waals surface area contributed by atoms with Gasteiger partial charge < -0.3 is 9.64 Å². The van der Waals surface area contributed by atoms with E-state index < -0.39 is 0 Å². The van der Waals surface area contributed by atoms with E-state index in [0.717, 1.165) is 26.2 Å². The third-order valence-corrected chi connectivity index (χ3v) is 5.03. The van der Waals surface area contributed by atoms with Gasteiger partial charge >= 0.3 is 0 Å². The lowest BCUT2D eigenvalue weighted by Crippen LogP contribution is -2.51. The second-order valence-corrected chi connectivity index (χ2v) is 6.55. The Balaban J connectivity index is 1.84. The average molecular weight is 376 g/mol. The molecular formula is C15H20BrClN2O2. The van der Waals surface area contributed by atoms with Crippen LogP contribution >= 0.6 is 27.5 Å². The number of ether oxygens (including phenoxy) is 1. The number of piperazine rings is 1. The molecule has 0 N–H and O–H groups in total. The number of nitrogens with zero attached hydrogens (tertiary/aromatic N) is 2. The van der Waals surface area contributed by atoms with Crippen LogP contribution in [0, 0.1) is 0 Å². The zero-order valence-electron chi connectivity index (χ0n) is 12.3. The molecule has 0 saturated carbocycles. The van der Waals surface area contributed by atoms with Gasteiger partial charge in [0.25, 0.3) is 5.91 Å². The van der Waals surface area contributed by atoms with E-state index >= 15 is 0 Å². The van der Waals surface area contributed by atoms with E-state index in [4.69, 9.17) is 16.3 Å². The minimum absolute atomic E-state index is 0.0188. The normalized spacial score (nSPS) is 16.3. The summed E-state index contributed by atoms with van der Waals surface area (Å²) >= 11 is 9.36. The SMILES string of the molecule is CC(C)N1CCN(C(=O)COc2cccc(Cl)c2Br)CC1. The van der Waals surface area contributed by atoms with Crippen molar-refractivity contribution in [3.05, 3.63) is 27.7 Å². The first-order valence-electron chi connectivity index (χ1n) is 7.07. The predicted molar refractivity (Wildman–Crippen MR) is 87.9 cm³/mol. The third kappa shape index (κ3) is 4.34. The topological polar surface area (TPSA) is 32.8 Å². The number of benzene rings is 1. The molecule has 0 aliphatic carbocycles. The molecule has 0 atom stereocenters. The smallest absolute Gasteiger partial charge is 0.260 e. The summed E-state index contributed by atoms with van der Waals surface area (Å²) in [6.07, 6.45) is 0. The van der Waals surface area contributed by atoms with E-state index in [2.05, 4.69) is 34.7 Å². The number of hydrogen-bond donors (Lipinski definition) is 0. The Morgan fingerprint density at radius 1 is 1.33 bits per heavy atom. The Labute approximate surface area is 139 Å². The van der Waals surface area contributed by atoms with Crippen LogP contribution in [0.25, 0.3) is 0 Å². The summed E-state index contributed by atoms with van der Waals surface area (Å²) in [6.45, 7) is 7.76. The summed E-state index contributed by atoms with van der Waals surface area (Å²) in [4.78, 5) is 16.4. The lowest BCUT2D eigenvalue weighted by molar-refractivity contribution is -0.135. The molecule has 0 bridgehead atoms. The van der Waals surface area contributed by atoms with Gasteiger partial charge in [0.05, 0.1) is 9.50 Å². The molecule has 0 unspecified atom stereocenters. The van der Waals surface area contributed by atoms with Gasteiger partial charge in [-0.25, -0.2) is 0 Å². The van der Waals surface area contributed by atoms with Gasteiger partial charge in [0.1, 0.15) is 5.75 Å². The third-order valence-electron chi connectivity index (χ3n) is 3.66. The van der Waals surface area contributed by atoms with Crippen LogP contribution in [-0.2, 0) is 4.79 Å². The lowest BCUT2D eigenvalue weighted by atomic mass is 10.2. The minimum Gasteiger partial charge on any atom is -0.483 e. The molecule has 0 radical (unpaired) electrons. The van der Waals surface area contributed by atoms with Gasteiger partial charge in [-0.3, -0.25) is 9.69 Å². The molecule has 1 amide bonds. The number of halogens is 2. The van der Waals surface area contributed by atoms with Crippen LogP contribution < -0.4 is 4.74 Å². The Morgan fingerprint density at radius 2 is 2.00 bits per heavy atom. The van der Waals surface area contributed by atoms with Crippen molar-refractivity contribution in [1.82, 2.24) is 9.80 Å². The van der Waals surface area contributed by atoms with E-state index in [1.165, 1.54) is 0 Å². The van der Waals surface area contributed by atoms with Gasteiger partial charge in [-0.2, -0.15) is 0 Å². The highest BCUT2D eigenvalue weighted by Gasteiger charge is 2.22. The fraction of sp³-hybridized carbons (Fsp3) is 0.533. The monoisotopic (exact) mass is 374 g/mol. The van der Waals surface area contributed by atoms with E-state index in [0.29, 0.717) is 21.3 Å². The minimum atomic E-state index is 0.0188. The molecule has 1 aromatic rings. The molecular weight excluding hydrogens is 356 g/mol. The van der Waals surface area contributed by atoms with Gasteiger partial charge in [-0.05, 0) is 41.9 Å². The lowest BCUT2D eigenvalue weighted by Gasteiger charge is -2.36. The van der Waals surface area contributed by atoms with E-state index in [-0.39, 0.29) is 12.5 Å². The standard InChI is InChI=1S/C15H20BrClN2O2/c1-11(2)18-6-8-19(9-7-18)14(20)10-21-13-5-3-4-12(17)15(13)16/h3-5,11H,6-10H2,1-2H3. The van der Waals surface area contributed by atoms with Gasteiger partial charge in [0.15, 0.2) is 6.61 Å². The molecule has 1 saturated heterocycles. The maximum atomic E-state index is 12.2. The highest BCUT2D eigenvalue weighted by Crippen LogP contribution is 2.31. The van der Waals surface area contributed by atoms with E-state index in [1.54, 1.807) is 18.2 Å². The molecule has 4 nitrogen and oxygen atoms in total. The summed E-state index contributed by atoms with van der Waals surface area (Å²) < 4.78 is 6.26. The van der Waals surface area contributed by atoms with Gasteiger partial charge in [0, 0.05) is 32.2 Å². The summed E-state index contributed by atoms with van der Waals surface area (Å²) in [7, 11) is 0. The molecule has 0 aromatic heterocycles. The number of amides is 1. The van der Waals surface area contributed by atoms with Crippen molar-refractivity contribution in [3.63, 3.8) is 0 Å². The van der Waals surface area contributed by atoms with Crippen molar-refractivity contribution >= 4 is 33.4 Å². The van der Waals surface area contributed by atoms with Crippen LogP contribution in [-0.4, -0.2) is 54.5 Å². The zero-order valence-corrected chi connectivity index (χ0v) is 14.7. The highest BCUT2D eigenvalue weighted by atomic mass is 79.9. The first kappa shape index (κ1) is 16.6. The summed E-state index contributed by atoms with van der Waals surface area (Å²) in [5.41, 5.74) is 0. The van der Waals surface area contributed by atoms with Crippen molar-refractivity contribution in [2.45, 2.75) is 19.9 Å². The van der Waals surface area contributed by atoms with Crippen LogP contribution in [0.4, 0.5) is 0 Å². The van der Waals surface area contributed by atoms with Crippen molar-refractivity contribution < 1.29 is 9.53 Å². The van der Waals surface area contributed by atoms with Gasteiger partial charge in [-0.1, -0.05) is 17.7 Å². The van der Waals surface area contributed by atoms with Crippen LogP contribution in [0.5, 0.6) is 5.75 Å². The quantitative estimate of drug-likeness (QED) is 0.811. The molecule has 2 rings (SSSR count). The van der Waals surface area contributed by atoms with Crippen LogP contribution in [0.2, 0.25) is 5.02 Å². The fourth-order valence-corrected chi connectivity index (χ4v) is 2.86. The fourth-order valence-electron chi connectivity index (χ4n) is 2.31. The molecule has 1 aliphatic rings. The molecule has 1 fully saturated rings. The Kier molecular flexibility index (Phi) is 5.90. The second-order valence-electron chi connectivity index (χ2n) is 5.35. The number of carbonyl (C=O) groups is 1. The molecule has 1 heterocycles. The Morgan fingerprint density at radius 3 is 2.62 bits per heavy atom. The van der Waals surface area contributed by atoms with Crippen molar-refractivity contribution in [2.24, 2.45) is 0 Å². The van der Waals surface area contributed by atoms with Crippen LogP contribution in [0.3, 0.4) is 0 Å². The molecule has 116 valence electrons. The predicted octanol–water partition coefficient (Wildman–Crippen LogP) is 3.03. The average Bonchev–Trinajstić information content (AvgIpc) is 2.48. The van der Waals surface area contributed by atoms with Gasteiger partial charge in [-0.15, -0.1) is 0 Å². The zero-order chi connectivity index (χ0) is 15.4. The summed E-state index contributed by atoms with van der Waals surface area (Å²) in [5, 5.41) is 0.575. The number of carbonyl (C=O) groups excluding carboxylic acids is 1. The number of rotatable bonds is 4. The molecule has 1 aliphatic heterocycles. The van der Waals surface area contributed by atoms with Crippen molar-refractivity contribution in [1.29, 1.82) is 0 Å².